The molecule has 0 atom stereocenters. The molecule has 0 aliphatic carbocycles. The number of nitrogens with zero attached hydrogens (tertiary/aromatic N) is 2. The highest BCUT2D eigenvalue weighted by atomic mass is 32.2. The van der Waals surface area contributed by atoms with Crippen molar-refractivity contribution in [2.75, 3.05) is 4.72 Å². The number of sulfonamides is 1. The van der Waals surface area contributed by atoms with Crippen LogP contribution in [0.5, 0.6) is 0 Å². The molecule has 2 aromatic heterocycles. The van der Waals surface area contributed by atoms with Gasteiger partial charge < -0.3 is 0 Å². The monoisotopic (exact) mass is 309 g/mol. The number of halogens is 3. The van der Waals surface area contributed by atoms with Crippen LogP contribution in [0.25, 0.3) is 0 Å². The minimum absolute atomic E-state index is 0.0317. The Balaban J connectivity index is 2.36. The van der Waals surface area contributed by atoms with E-state index in [1.165, 1.54) is 10.9 Å². The molecule has 0 bridgehead atoms. The molecule has 0 radical (unpaired) electrons. The van der Waals surface area contributed by atoms with Crippen LogP contribution in [0.3, 0.4) is 0 Å². The first-order chi connectivity index (χ1) is 8.79. The first-order valence-corrected chi connectivity index (χ1v) is 7.16. The van der Waals surface area contributed by atoms with Gasteiger partial charge in [-0.1, -0.05) is 0 Å². The van der Waals surface area contributed by atoms with Crippen molar-refractivity contribution in [1.82, 2.24) is 9.97 Å². The maximum absolute atomic E-state index is 12.5. The Labute approximate surface area is 110 Å². The number of pyridine rings is 1. The fraction of sp³-hybridized carbons (Fsp3) is 0.111. The number of anilines is 1. The summed E-state index contributed by atoms with van der Waals surface area (Å²) in [5.41, 5.74) is 0.304. The lowest BCUT2D eigenvalue weighted by atomic mass is 10.3. The second kappa shape index (κ2) is 4.78. The molecular weight excluding hydrogens is 303 g/mol. The summed E-state index contributed by atoms with van der Waals surface area (Å²) in [6.07, 6.45) is -3.84. The predicted octanol–water partition coefficient (Wildman–Crippen LogP) is 2.36. The zero-order valence-corrected chi connectivity index (χ0v) is 10.7. The Morgan fingerprint density at radius 1 is 1.26 bits per heavy atom. The van der Waals surface area contributed by atoms with Gasteiger partial charge in [-0.3, -0.25) is 4.72 Å². The van der Waals surface area contributed by atoms with Crippen molar-refractivity contribution in [1.29, 1.82) is 0 Å². The molecule has 10 heteroatoms. The van der Waals surface area contributed by atoms with E-state index in [1.807, 2.05) is 4.72 Å². The molecule has 0 amide bonds. The fourth-order valence-corrected chi connectivity index (χ4v) is 2.72. The molecule has 19 heavy (non-hydrogen) atoms. The number of thiazole rings is 1. The SMILES string of the molecule is O=S(=O)(Nc1cscn1)c1cc(C(F)(F)F)ccn1. The smallest absolute Gasteiger partial charge is 0.261 e. The number of hydrogen-bond donors (Lipinski definition) is 1. The molecule has 0 unspecified atom stereocenters. The van der Waals surface area contributed by atoms with Crippen LogP contribution in [-0.2, 0) is 16.2 Å². The van der Waals surface area contributed by atoms with E-state index in [1.54, 1.807) is 0 Å². The van der Waals surface area contributed by atoms with Gasteiger partial charge in [-0.05, 0) is 12.1 Å². The number of hydrogen-bond acceptors (Lipinski definition) is 5. The van der Waals surface area contributed by atoms with E-state index in [2.05, 4.69) is 9.97 Å². The summed E-state index contributed by atoms with van der Waals surface area (Å²) in [5, 5.41) is 0.695. The van der Waals surface area contributed by atoms with Crippen LogP contribution in [-0.4, -0.2) is 18.4 Å². The van der Waals surface area contributed by atoms with Crippen LogP contribution >= 0.6 is 11.3 Å². The van der Waals surface area contributed by atoms with E-state index in [-0.39, 0.29) is 5.82 Å². The van der Waals surface area contributed by atoms with Gasteiger partial charge in [0.05, 0.1) is 11.1 Å². The molecule has 2 rings (SSSR count). The molecule has 2 aromatic rings. The van der Waals surface area contributed by atoms with Crippen molar-refractivity contribution < 1.29 is 21.6 Å². The van der Waals surface area contributed by atoms with Crippen molar-refractivity contribution in [3.05, 3.63) is 34.8 Å². The Morgan fingerprint density at radius 3 is 2.58 bits per heavy atom. The maximum Gasteiger partial charge on any atom is 0.416 e. The van der Waals surface area contributed by atoms with E-state index in [9.17, 15) is 21.6 Å². The molecule has 0 saturated carbocycles. The Kier molecular flexibility index (Phi) is 3.45. The van der Waals surface area contributed by atoms with Gasteiger partial charge in [0.2, 0.25) is 0 Å². The van der Waals surface area contributed by atoms with Gasteiger partial charge >= 0.3 is 6.18 Å². The van der Waals surface area contributed by atoms with Gasteiger partial charge in [0.15, 0.2) is 10.8 Å². The second-order valence-corrected chi connectivity index (χ2v) is 5.71. The molecule has 0 spiro atoms. The van der Waals surface area contributed by atoms with Crippen molar-refractivity contribution in [3.63, 3.8) is 0 Å². The van der Waals surface area contributed by atoms with Gasteiger partial charge in [0.25, 0.3) is 10.0 Å². The van der Waals surface area contributed by atoms with Crippen LogP contribution in [0, 0.1) is 0 Å². The Hall–Kier alpha value is -1.68. The van der Waals surface area contributed by atoms with E-state index < -0.39 is 26.8 Å². The average molecular weight is 309 g/mol. The van der Waals surface area contributed by atoms with E-state index >= 15 is 0 Å². The van der Waals surface area contributed by atoms with Gasteiger partial charge in [0, 0.05) is 11.6 Å². The number of nitrogens with one attached hydrogen (secondary N) is 1. The summed E-state index contributed by atoms with van der Waals surface area (Å²) in [5.74, 6) is 0.0317. The van der Waals surface area contributed by atoms with Gasteiger partial charge in [-0.25, -0.2) is 9.97 Å². The van der Waals surface area contributed by atoms with Crippen LogP contribution in [0.2, 0.25) is 0 Å². The van der Waals surface area contributed by atoms with Crippen molar-refractivity contribution >= 4 is 27.2 Å². The van der Waals surface area contributed by atoms with Gasteiger partial charge in [-0.15, -0.1) is 11.3 Å². The highest BCUT2D eigenvalue weighted by Crippen LogP contribution is 2.30. The largest absolute Gasteiger partial charge is 0.416 e. The lowest BCUT2D eigenvalue weighted by Crippen LogP contribution is -2.16. The first-order valence-electron chi connectivity index (χ1n) is 4.73. The molecule has 0 aromatic carbocycles. The molecule has 0 aliphatic heterocycles. The Bertz CT molecular complexity index is 668. The minimum atomic E-state index is -4.63. The van der Waals surface area contributed by atoms with Crippen molar-refractivity contribution in [3.8, 4) is 0 Å². The van der Waals surface area contributed by atoms with E-state index in [4.69, 9.17) is 0 Å². The van der Waals surface area contributed by atoms with Crippen LogP contribution in [0.4, 0.5) is 19.0 Å². The predicted molar refractivity (Wildman–Crippen MR) is 62.2 cm³/mol. The standard InChI is InChI=1S/C9H6F3N3O2S2/c10-9(11,12)6-1-2-13-8(3-6)19(16,17)15-7-4-18-5-14-7/h1-5,15H. The number of aromatic nitrogens is 2. The average Bonchev–Trinajstić information content (AvgIpc) is 2.80. The highest BCUT2D eigenvalue weighted by molar-refractivity contribution is 7.92. The van der Waals surface area contributed by atoms with E-state index in [0.717, 1.165) is 17.5 Å². The third kappa shape index (κ3) is 3.20. The summed E-state index contributed by atoms with van der Waals surface area (Å²) in [6.45, 7) is 0. The zero-order chi connectivity index (χ0) is 14.1. The summed E-state index contributed by atoms with van der Waals surface area (Å²) in [6, 6.07) is 1.16. The molecule has 0 aliphatic rings. The lowest BCUT2D eigenvalue weighted by Gasteiger charge is -2.08. The maximum atomic E-state index is 12.5. The van der Waals surface area contributed by atoms with Crippen LogP contribution in [0.1, 0.15) is 5.56 Å². The van der Waals surface area contributed by atoms with Crippen LogP contribution < -0.4 is 4.72 Å². The first kappa shape index (κ1) is 13.7. The topological polar surface area (TPSA) is 72.0 Å². The van der Waals surface area contributed by atoms with Crippen molar-refractivity contribution in [2.45, 2.75) is 11.2 Å². The number of alkyl halides is 3. The molecule has 2 heterocycles. The third-order valence-electron chi connectivity index (χ3n) is 2.01. The van der Waals surface area contributed by atoms with E-state index in [0.29, 0.717) is 12.1 Å². The molecule has 0 saturated heterocycles. The van der Waals surface area contributed by atoms with Crippen molar-refractivity contribution in [2.24, 2.45) is 0 Å². The molecular formula is C9H6F3N3O2S2. The zero-order valence-electron chi connectivity index (χ0n) is 9.05. The summed E-state index contributed by atoms with van der Waals surface area (Å²) in [4.78, 5) is 7.11. The highest BCUT2D eigenvalue weighted by Gasteiger charge is 2.32. The second-order valence-electron chi connectivity index (χ2n) is 3.36. The fourth-order valence-electron chi connectivity index (χ4n) is 1.19. The molecule has 0 fully saturated rings. The van der Waals surface area contributed by atoms with Gasteiger partial charge in [-0.2, -0.15) is 21.6 Å². The third-order valence-corrected chi connectivity index (χ3v) is 3.85. The molecule has 5 nitrogen and oxygen atoms in total. The normalized spacial score (nSPS) is 12.4. The molecule has 1 N–H and O–H groups in total. The summed E-state index contributed by atoms with van der Waals surface area (Å²) >= 11 is 1.14. The Morgan fingerprint density at radius 2 is 2.00 bits per heavy atom. The molecule has 102 valence electrons. The summed E-state index contributed by atoms with van der Waals surface area (Å²) in [7, 11) is -4.18. The number of rotatable bonds is 3. The minimum Gasteiger partial charge on any atom is -0.261 e. The van der Waals surface area contributed by atoms with Gasteiger partial charge in [0.1, 0.15) is 0 Å². The van der Waals surface area contributed by atoms with Crippen LogP contribution in [0.15, 0.2) is 34.2 Å². The quantitative estimate of drug-likeness (QED) is 0.944. The lowest BCUT2D eigenvalue weighted by molar-refractivity contribution is -0.137. The summed E-state index contributed by atoms with van der Waals surface area (Å²) < 4.78 is 63.1.